The summed E-state index contributed by atoms with van der Waals surface area (Å²) < 4.78 is 4.79. The molecule has 0 aliphatic carbocycles. The number of carbonyl (C=O) groups excluding carboxylic acids is 1. The van der Waals surface area contributed by atoms with Crippen LogP contribution in [0.15, 0.2) is 17.5 Å². The van der Waals surface area contributed by atoms with E-state index < -0.39 is 6.10 Å². The minimum atomic E-state index is -0.696. The third-order valence-electron chi connectivity index (χ3n) is 2.60. The van der Waals surface area contributed by atoms with Crippen molar-refractivity contribution in [2.45, 2.75) is 38.8 Å². The molecule has 0 aliphatic rings. The Morgan fingerprint density at radius 1 is 1.56 bits per heavy atom. The van der Waals surface area contributed by atoms with Crippen molar-refractivity contribution in [3.8, 4) is 0 Å². The van der Waals surface area contributed by atoms with Crippen molar-refractivity contribution in [3.05, 3.63) is 22.4 Å². The van der Waals surface area contributed by atoms with Crippen LogP contribution in [0.4, 0.5) is 0 Å². The highest BCUT2D eigenvalue weighted by atomic mass is 32.1. The van der Waals surface area contributed by atoms with Crippen molar-refractivity contribution in [2.75, 3.05) is 13.2 Å². The lowest BCUT2D eigenvalue weighted by molar-refractivity contribution is -0.145. The van der Waals surface area contributed by atoms with Gasteiger partial charge < -0.3 is 15.2 Å². The van der Waals surface area contributed by atoms with E-state index in [0.29, 0.717) is 13.2 Å². The molecule has 18 heavy (non-hydrogen) atoms. The Hall–Kier alpha value is -0.910. The number of esters is 1. The fourth-order valence-electron chi connectivity index (χ4n) is 1.70. The molecule has 1 aromatic heterocycles. The first-order valence-corrected chi connectivity index (χ1v) is 7.15. The van der Waals surface area contributed by atoms with Crippen molar-refractivity contribution >= 4 is 17.3 Å². The second kappa shape index (κ2) is 8.24. The third kappa shape index (κ3) is 5.16. The number of ether oxygens (including phenoxy) is 1. The predicted octanol–water partition coefficient (Wildman–Crippen LogP) is 2.10. The van der Waals surface area contributed by atoms with Gasteiger partial charge in [-0.25, -0.2) is 0 Å². The van der Waals surface area contributed by atoms with Crippen molar-refractivity contribution in [1.82, 2.24) is 5.32 Å². The lowest BCUT2D eigenvalue weighted by Gasteiger charge is -2.18. The molecule has 102 valence electrons. The maximum Gasteiger partial charge on any atom is 0.308 e. The lowest BCUT2D eigenvalue weighted by atomic mass is 10.1. The SMILES string of the molecule is CCOC(=O)CC(O)CNC(CC)c1cccs1. The van der Waals surface area contributed by atoms with Crippen LogP contribution < -0.4 is 5.32 Å². The Bertz CT molecular complexity index is 340. The molecule has 0 aliphatic heterocycles. The zero-order chi connectivity index (χ0) is 13.4. The van der Waals surface area contributed by atoms with E-state index in [0.717, 1.165) is 6.42 Å². The van der Waals surface area contributed by atoms with E-state index in [4.69, 9.17) is 4.74 Å². The van der Waals surface area contributed by atoms with Crippen LogP contribution in [0, 0.1) is 0 Å². The zero-order valence-corrected chi connectivity index (χ0v) is 11.7. The first-order valence-electron chi connectivity index (χ1n) is 6.27. The van der Waals surface area contributed by atoms with E-state index >= 15 is 0 Å². The Morgan fingerprint density at radius 2 is 2.33 bits per heavy atom. The lowest BCUT2D eigenvalue weighted by Crippen LogP contribution is -2.31. The molecule has 2 N–H and O–H groups in total. The molecule has 0 radical (unpaired) electrons. The highest BCUT2D eigenvalue weighted by molar-refractivity contribution is 7.10. The van der Waals surface area contributed by atoms with Crippen LogP contribution in [0.1, 0.15) is 37.6 Å². The van der Waals surface area contributed by atoms with Gasteiger partial charge in [0, 0.05) is 17.5 Å². The number of thiophene rings is 1. The molecule has 0 amide bonds. The Kier molecular flexibility index (Phi) is 6.93. The minimum absolute atomic E-state index is 0.0434. The number of hydrogen-bond acceptors (Lipinski definition) is 5. The molecule has 5 heteroatoms. The van der Waals surface area contributed by atoms with E-state index in [1.54, 1.807) is 18.3 Å². The number of hydrogen-bond donors (Lipinski definition) is 2. The van der Waals surface area contributed by atoms with E-state index in [-0.39, 0.29) is 18.4 Å². The van der Waals surface area contributed by atoms with Crippen LogP contribution in [-0.2, 0) is 9.53 Å². The van der Waals surface area contributed by atoms with Crippen molar-refractivity contribution < 1.29 is 14.6 Å². The van der Waals surface area contributed by atoms with Gasteiger partial charge in [0.2, 0.25) is 0 Å². The summed E-state index contributed by atoms with van der Waals surface area (Å²) in [7, 11) is 0. The molecular weight excluding hydrogens is 250 g/mol. The molecule has 2 atom stereocenters. The molecule has 0 bridgehead atoms. The molecule has 0 saturated carbocycles. The largest absolute Gasteiger partial charge is 0.466 e. The number of aliphatic hydroxyl groups is 1. The van der Waals surface area contributed by atoms with Gasteiger partial charge in [-0.15, -0.1) is 11.3 Å². The summed E-state index contributed by atoms with van der Waals surface area (Å²) in [5.41, 5.74) is 0. The van der Waals surface area contributed by atoms with Gasteiger partial charge in [-0.1, -0.05) is 13.0 Å². The van der Waals surface area contributed by atoms with Gasteiger partial charge in [0.1, 0.15) is 0 Å². The van der Waals surface area contributed by atoms with Gasteiger partial charge in [0.15, 0.2) is 0 Å². The Labute approximate surface area is 112 Å². The first-order chi connectivity index (χ1) is 8.67. The smallest absolute Gasteiger partial charge is 0.308 e. The quantitative estimate of drug-likeness (QED) is 0.711. The van der Waals surface area contributed by atoms with Crippen LogP contribution >= 0.6 is 11.3 Å². The fraction of sp³-hybridized carbons (Fsp3) is 0.615. The van der Waals surface area contributed by atoms with E-state index in [9.17, 15) is 9.90 Å². The second-order valence-corrected chi connectivity index (χ2v) is 5.03. The summed E-state index contributed by atoms with van der Waals surface area (Å²) >= 11 is 1.69. The topological polar surface area (TPSA) is 58.6 Å². The highest BCUT2D eigenvalue weighted by Gasteiger charge is 2.15. The average molecular weight is 271 g/mol. The molecule has 1 aromatic rings. The number of carbonyl (C=O) groups is 1. The van der Waals surface area contributed by atoms with Crippen molar-refractivity contribution in [1.29, 1.82) is 0 Å². The number of aliphatic hydroxyl groups excluding tert-OH is 1. The summed E-state index contributed by atoms with van der Waals surface area (Å²) in [6.07, 6.45) is 0.298. The normalized spacial score (nSPS) is 14.2. The van der Waals surface area contributed by atoms with Gasteiger partial charge in [-0.3, -0.25) is 4.79 Å². The fourth-order valence-corrected chi connectivity index (χ4v) is 2.58. The van der Waals surface area contributed by atoms with E-state index in [2.05, 4.69) is 18.3 Å². The molecule has 4 nitrogen and oxygen atoms in total. The van der Waals surface area contributed by atoms with Crippen LogP contribution in [0.25, 0.3) is 0 Å². The summed E-state index contributed by atoms with van der Waals surface area (Å²) in [5, 5.41) is 15.0. The zero-order valence-electron chi connectivity index (χ0n) is 10.9. The van der Waals surface area contributed by atoms with Gasteiger partial charge in [0.05, 0.1) is 19.1 Å². The number of rotatable bonds is 8. The maximum absolute atomic E-state index is 11.2. The highest BCUT2D eigenvalue weighted by Crippen LogP contribution is 2.21. The molecule has 0 aromatic carbocycles. The molecule has 0 spiro atoms. The van der Waals surface area contributed by atoms with Gasteiger partial charge in [0.25, 0.3) is 0 Å². The molecule has 1 rings (SSSR count). The Balaban J connectivity index is 2.32. The standard InChI is InChI=1S/C13H21NO3S/c1-3-11(12-6-5-7-18-12)14-9-10(15)8-13(16)17-4-2/h5-7,10-11,14-15H,3-4,8-9H2,1-2H3. The molecule has 0 fully saturated rings. The summed E-state index contributed by atoms with van der Waals surface area (Å²) in [6.45, 7) is 4.60. The van der Waals surface area contributed by atoms with Crippen molar-refractivity contribution in [2.24, 2.45) is 0 Å². The molecular formula is C13H21NO3S. The minimum Gasteiger partial charge on any atom is -0.466 e. The van der Waals surface area contributed by atoms with Crippen LogP contribution in [0.2, 0.25) is 0 Å². The summed E-state index contributed by atoms with van der Waals surface area (Å²) in [6, 6.07) is 4.32. The summed E-state index contributed by atoms with van der Waals surface area (Å²) in [5.74, 6) is -0.351. The van der Waals surface area contributed by atoms with Crippen LogP contribution in [0.5, 0.6) is 0 Å². The average Bonchev–Trinajstić information content (AvgIpc) is 2.83. The Morgan fingerprint density at radius 3 is 2.89 bits per heavy atom. The molecule has 0 saturated heterocycles. The predicted molar refractivity (Wildman–Crippen MR) is 72.6 cm³/mol. The molecule has 2 unspecified atom stereocenters. The third-order valence-corrected chi connectivity index (χ3v) is 3.59. The first kappa shape index (κ1) is 15.1. The molecule has 1 heterocycles. The van der Waals surface area contributed by atoms with Gasteiger partial charge in [-0.05, 0) is 24.8 Å². The van der Waals surface area contributed by atoms with Crippen LogP contribution in [-0.4, -0.2) is 30.3 Å². The van der Waals surface area contributed by atoms with Gasteiger partial charge >= 0.3 is 5.97 Å². The monoisotopic (exact) mass is 271 g/mol. The summed E-state index contributed by atoms with van der Waals surface area (Å²) in [4.78, 5) is 12.4. The van der Waals surface area contributed by atoms with E-state index in [1.807, 2.05) is 11.4 Å². The van der Waals surface area contributed by atoms with E-state index in [1.165, 1.54) is 4.88 Å². The van der Waals surface area contributed by atoms with Crippen LogP contribution in [0.3, 0.4) is 0 Å². The maximum atomic E-state index is 11.2. The number of nitrogens with one attached hydrogen (secondary N) is 1. The second-order valence-electron chi connectivity index (χ2n) is 4.05. The van der Waals surface area contributed by atoms with Crippen molar-refractivity contribution in [3.63, 3.8) is 0 Å². The van der Waals surface area contributed by atoms with Gasteiger partial charge in [-0.2, -0.15) is 0 Å².